The Kier molecular flexibility index (Phi) is 4.74. The first kappa shape index (κ1) is 13.0. The van der Waals surface area contributed by atoms with Gasteiger partial charge in [0.1, 0.15) is 0 Å². The van der Waals surface area contributed by atoms with Crippen LogP contribution >= 0.6 is 12.2 Å². The molecule has 0 saturated heterocycles. The lowest BCUT2D eigenvalue weighted by Gasteiger charge is -2.22. The van der Waals surface area contributed by atoms with Crippen LogP contribution in [-0.2, 0) is 0 Å². The molecule has 0 amide bonds. The topological polar surface area (TPSA) is 15.3 Å². The molecule has 2 nitrogen and oxygen atoms in total. The van der Waals surface area contributed by atoms with Gasteiger partial charge in [-0.25, -0.2) is 0 Å². The number of hydrogen-bond donors (Lipinski definition) is 1. The van der Waals surface area contributed by atoms with E-state index in [-0.39, 0.29) is 0 Å². The Labute approximate surface area is 104 Å². The van der Waals surface area contributed by atoms with Crippen LogP contribution in [0.4, 0.5) is 5.69 Å². The maximum atomic E-state index is 5.35. The van der Waals surface area contributed by atoms with E-state index in [4.69, 9.17) is 12.2 Å². The van der Waals surface area contributed by atoms with E-state index in [9.17, 15) is 0 Å². The Bertz CT molecular complexity index is 370. The van der Waals surface area contributed by atoms with Gasteiger partial charge in [-0.2, -0.15) is 0 Å². The molecule has 0 bridgehead atoms. The first-order valence-corrected chi connectivity index (χ1v) is 6.12. The van der Waals surface area contributed by atoms with E-state index < -0.39 is 0 Å². The van der Waals surface area contributed by atoms with Crippen LogP contribution in [0.2, 0.25) is 0 Å². The largest absolute Gasteiger partial charge is 0.350 e. The smallest absolute Gasteiger partial charge is 0.173 e. The molecule has 0 radical (unpaired) electrons. The summed E-state index contributed by atoms with van der Waals surface area (Å²) in [6.07, 6.45) is 0. The maximum Gasteiger partial charge on any atom is 0.173 e. The number of anilines is 1. The van der Waals surface area contributed by atoms with Gasteiger partial charge in [0.25, 0.3) is 0 Å². The van der Waals surface area contributed by atoms with Crippen molar-refractivity contribution in [2.75, 3.05) is 18.4 Å². The van der Waals surface area contributed by atoms with Gasteiger partial charge >= 0.3 is 0 Å². The summed E-state index contributed by atoms with van der Waals surface area (Å²) in [5, 5.41) is 4.07. The fourth-order valence-corrected chi connectivity index (χ4v) is 1.91. The second-order valence-corrected chi connectivity index (χ2v) is 4.29. The molecule has 0 atom stereocenters. The zero-order valence-corrected chi connectivity index (χ0v) is 11.3. The number of nitrogens with zero attached hydrogens (tertiary/aromatic N) is 1. The lowest BCUT2D eigenvalue weighted by atomic mass is 10.1. The van der Waals surface area contributed by atoms with Crippen molar-refractivity contribution < 1.29 is 0 Å². The van der Waals surface area contributed by atoms with Crippen LogP contribution in [0.15, 0.2) is 18.2 Å². The van der Waals surface area contributed by atoms with Gasteiger partial charge in [0, 0.05) is 18.8 Å². The van der Waals surface area contributed by atoms with Crippen molar-refractivity contribution in [3.63, 3.8) is 0 Å². The van der Waals surface area contributed by atoms with E-state index in [1.165, 1.54) is 11.1 Å². The molecule has 0 fully saturated rings. The zero-order valence-electron chi connectivity index (χ0n) is 10.5. The van der Waals surface area contributed by atoms with Gasteiger partial charge in [0.15, 0.2) is 5.11 Å². The second-order valence-electron chi connectivity index (χ2n) is 3.90. The van der Waals surface area contributed by atoms with Gasteiger partial charge in [-0.05, 0) is 63.2 Å². The highest BCUT2D eigenvalue weighted by molar-refractivity contribution is 7.80. The summed E-state index contributed by atoms with van der Waals surface area (Å²) in [6, 6.07) is 6.31. The van der Waals surface area contributed by atoms with Crippen LogP contribution in [0, 0.1) is 13.8 Å². The van der Waals surface area contributed by atoms with Crippen molar-refractivity contribution >= 4 is 23.0 Å². The number of aryl methyl sites for hydroxylation is 2. The molecule has 3 heteroatoms. The third-order valence-corrected chi connectivity index (χ3v) is 3.17. The molecule has 0 aliphatic carbocycles. The predicted molar refractivity (Wildman–Crippen MR) is 75.1 cm³/mol. The van der Waals surface area contributed by atoms with E-state index >= 15 is 0 Å². The molecule has 0 spiro atoms. The van der Waals surface area contributed by atoms with Gasteiger partial charge in [0.2, 0.25) is 0 Å². The maximum absolute atomic E-state index is 5.35. The summed E-state index contributed by atoms with van der Waals surface area (Å²) in [4.78, 5) is 2.13. The first-order valence-electron chi connectivity index (χ1n) is 5.71. The molecule has 0 aliphatic heterocycles. The molecular weight excluding hydrogens is 216 g/mol. The minimum absolute atomic E-state index is 0.799. The van der Waals surface area contributed by atoms with E-state index in [2.05, 4.69) is 56.1 Å². The number of rotatable bonds is 3. The Balaban J connectivity index is 2.73. The van der Waals surface area contributed by atoms with E-state index in [1.807, 2.05) is 0 Å². The van der Waals surface area contributed by atoms with Crippen molar-refractivity contribution in [1.29, 1.82) is 0 Å². The average Bonchev–Trinajstić information content (AvgIpc) is 2.25. The van der Waals surface area contributed by atoms with Gasteiger partial charge in [-0.15, -0.1) is 0 Å². The molecule has 0 heterocycles. The normalized spacial score (nSPS) is 10.0. The predicted octanol–water partition coefficient (Wildman–Crippen LogP) is 3.34. The van der Waals surface area contributed by atoms with Crippen molar-refractivity contribution in [2.24, 2.45) is 0 Å². The SMILES string of the molecule is CCN(CC)C(=S)Nc1ccc(C)c(C)c1. The quantitative estimate of drug-likeness (QED) is 0.810. The van der Waals surface area contributed by atoms with Crippen LogP contribution in [-0.4, -0.2) is 23.1 Å². The summed E-state index contributed by atoms with van der Waals surface area (Å²) in [6.45, 7) is 10.3. The molecule has 1 aromatic rings. The minimum atomic E-state index is 0.799. The number of nitrogens with one attached hydrogen (secondary N) is 1. The Hall–Kier alpha value is -1.09. The standard InChI is InChI=1S/C13H20N2S/c1-5-15(6-2)13(16)14-12-8-7-10(3)11(4)9-12/h7-9H,5-6H2,1-4H3,(H,14,16). The Morgan fingerprint density at radius 3 is 2.31 bits per heavy atom. The number of thiocarbonyl (C=S) groups is 1. The van der Waals surface area contributed by atoms with Crippen LogP contribution in [0.25, 0.3) is 0 Å². The molecule has 0 saturated carbocycles. The van der Waals surface area contributed by atoms with Gasteiger partial charge in [0.05, 0.1) is 0 Å². The van der Waals surface area contributed by atoms with Gasteiger partial charge in [-0.3, -0.25) is 0 Å². The first-order chi connectivity index (χ1) is 7.58. The van der Waals surface area contributed by atoms with Crippen LogP contribution in [0.1, 0.15) is 25.0 Å². The highest BCUT2D eigenvalue weighted by Gasteiger charge is 2.05. The molecule has 0 aromatic heterocycles. The molecule has 1 N–H and O–H groups in total. The molecule has 0 aliphatic rings. The minimum Gasteiger partial charge on any atom is -0.350 e. The van der Waals surface area contributed by atoms with Crippen LogP contribution in [0.3, 0.4) is 0 Å². The number of benzene rings is 1. The van der Waals surface area contributed by atoms with E-state index in [0.29, 0.717) is 0 Å². The monoisotopic (exact) mass is 236 g/mol. The summed E-state index contributed by atoms with van der Waals surface area (Å²) < 4.78 is 0. The Morgan fingerprint density at radius 1 is 1.19 bits per heavy atom. The molecular formula is C13H20N2S. The number of hydrogen-bond acceptors (Lipinski definition) is 1. The van der Waals surface area contributed by atoms with Crippen LogP contribution < -0.4 is 5.32 Å². The fourth-order valence-electron chi connectivity index (χ4n) is 1.53. The third kappa shape index (κ3) is 3.20. The lowest BCUT2D eigenvalue weighted by Crippen LogP contribution is -2.34. The molecule has 16 heavy (non-hydrogen) atoms. The molecule has 0 unspecified atom stereocenters. The summed E-state index contributed by atoms with van der Waals surface area (Å²) in [7, 11) is 0. The molecule has 88 valence electrons. The van der Waals surface area contributed by atoms with Gasteiger partial charge < -0.3 is 10.2 Å². The van der Waals surface area contributed by atoms with Crippen molar-refractivity contribution in [3.05, 3.63) is 29.3 Å². The van der Waals surface area contributed by atoms with E-state index in [1.54, 1.807) is 0 Å². The van der Waals surface area contributed by atoms with Gasteiger partial charge in [-0.1, -0.05) is 6.07 Å². The highest BCUT2D eigenvalue weighted by Crippen LogP contribution is 2.14. The molecule has 1 rings (SSSR count). The molecule has 1 aromatic carbocycles. The highest BCUT2D eigenvalue weighted by atomic mass is 32.1. The fraction of sp³-hybridized carbons (Fsp3) is 0.462. The zero-order chi connectivity index (χ0) is 12.1. The summed E-state index contributed by atoms with van der Waals surface area (Å²) in [5.74, 6) is 0. The van der Waals surface area contributed by atoms with Crippen molar-refractivity contribution in [2.45, 2.75) is 27.7 Å². The summed E-state index contributed by atoms with van der Waals surface area (Å²) >= 11 is 5.35. The van der Waals surface area contributed by atoms with Crippen molar-refractivity contribution in [3.8, 4) is 0 Å². The third-order valence-electron chi connectivity index (χ3n) is 2.81. The second kappa shape index (κ2) is 5.85. The Morgan fingerprint density at radius 2 is 1.81 bits per heavy atom. The van der Waals surface area contributed by atoms with Crippen molar-refractivity contribution in [1.82, 2.24) is 4.90 Å². The summed E-state index contributed by atoms with van der Waals surface area (Å²) in [5.41, 5.74) is 3.66. The lowest BCUT2D eigenvalue weighted by molar-refractivity contribution is 0.473. The average molecular weight is 236 g/mol. The van der Waals surface area contributed by atoms with Crippen LogP contribution in [0.5, 0.6) is 0 Å². The van der Waals surface area contributed by atoms with E-state index in [0.717, 1.165) is 23.9 Å².